The molecule has 0 aliphatic carbocycles. The van der Waals surface area contributed by atoms with Gasteiger partial charge in [-0.05, 0) is 43.2 Å². The average Bonchev–Trinajstić information content (AvgIpc) is 2.72. The lowest BCUT2D eigenvalue weighted by atomic mass is 10.2. The number of sulfonamides is 1. The van der Waals surface area contributed by atoms with Crippen molar-refractivity contribution in [2.45, 2.75) is 29.1 Å². The minimum atomic E-state index is -3.53. The molecule has 27 heavy (non-hydrogen) atoms. The van der Waals surface area contributed by atoms with Gasteiger partial charge in [0.25, 0.3) is 5.91 Å². The van der Waals surface area contributed by atoms with E-state index in [0.717, 1.165) is 29.9 Å². The van der Waals surface area contributed by atoms with Crippen molar-refractivity contribution in [2.75, 3.05) is 25.4 Å². The molecule has 2 aromatic rings. The van der Waals surface area contributed by atoms with Crippen molar-refractivity contribution in [1.29, 1.82) is 0 Å². The first-order valence-electron chi connectivity index (χ1n) is 9.14. The maximum absolute atomic E-state index is 12.8. The summed E-state index contributed by atoms with van der Waals surface area (Å²) in [6.07, 6.45) is 2.84. The van der Waals surface area contributed by atoms with Crippen LogP contribution in [0.5, 0.6) is 0 Å². The first kappa shape index (κ1) is 19.9. The molecule has 1 N–H and O–H groups in total. The monoisotopic (exact) mass is 404 g/mol. The molecule has 1 fully saturated rings. The van der Waals surface area contributed by atoms with Crippen LogP contribution in [-0.4, -0.2) is 44.0 Å². The van der Waals surface area contributed by atoms with Gasteiger partial charge in [0.05, 0.1) is 4.90 Å². The van der Waals surface area contributed by atoms with Crippen LogP contribution in [0.3, 0.4) is 0 Å². The summed E-state index contributed by atoms with van der Waals surface area (Å²) in [5, 5.41) is 2.86. The number of benzene rings is 2. The highest BCUT2D eigenvalue weighted by Crippen LogP contribution is 2.21. The molecule has 0 unspecified atom stereocenters. The summed E-state index contributed by atoms with van der Waals surface area (Å²) in [5.41, 5.74) is 0.373. The van der Waals surface area contributed by atoms with Gasteiger partial charge < -0.3 is 5.32 Å². The number of nitrogens with one attached hydrogen (secondary N) is 1. The van der Waals surface area contributed by atoms with Gasteiger partial charge in [-0.1, -0.05) is 30.7 Å². The van der Waals surface area contributed by atoms with E-state index in [4.69, 9.17) is 0 Å². The summed E-state index contributed by atoms with van der Waals surface area (Å²) in [5.74, 6) is 0.501. The number of thioether (sulfide) groups is 1. The zero-order valence-corrected chi connectivity index (χ0v) is 16.8. The SMILES string of the molecule is O=C(NCCSc1ccccc1)c1cccc(S(=O)(=O)N2CCCCC2)c1. The number of nitrogens with zero attached hydrogens (tertiary/aromatic N) is 1. The highest BCUT2D eigenvalue weighted by Gasteiger charge is 2.26. The van der Waals surface area contributed by atoms with E-state index in [1.54, 1.807) is 30.0 Å². The number of carbonyl (C=O) groups is 1. The quantitative estimate of drug-likeness (QED) is 0.567. The Kier molecular flexibility index (Phi) is 6.93. The highest BCUT2D eigenvalue weighted by molar-refractivity contribution is 7.99. The zero-order valence-electron chi connectivity index (χ0n) is 15.1. The number of hydrogen-bond donors (Lipinski definition) is 1. The molecule has 5 nitrogen and oxygen atoms in total. The number of carbonyl (C=O) groups excluding carboxylic acids is 1. The lowest BCUT2D eigenvalue weighted by Crippen LogP contribution is -2.35. The normalized spacial score (nSPS) is 15.4. The summed E-state index contributed by atoms with van der Waals surface area (Å²) in [4.78, 5) is 13.7. The molecule has 1 aliphatic rings. The molecule has 144 valence electrons. The third-order valence-electron chi connectivity index (χ3n) is 4.45. The van der Waals surface area contributed by atoms with E-state index in [1.807, 2.05) is 30.3 Å². The van der Waals surface area contributed by atoms with Crippen LogP contribution >= 0.6 is 11.8 Å². The summed E-state index contributed by atoms with van der Waals surface area (Å²) < 4.78 is 27.1. The first-order valence-corrected chi connectivity index (χ1v) is 11.6. The molecule has 7 heteroatoms. The van der Waals surface area contributed by atoms with Gasteiger partial charge in [0, 0.05) is 35.8 Å². The molecule has 1 aliphatic heterocycles. The average molecular weight is 405 g/mol. The van der Waals surface area contributed by atoms with Crippen molar-refractivity contribution in [3.05, 3.63) is 60.2 Å². The van der Waals surface area contributed by atoms with Crippen molar-refractivity contribution < 1.29 is 13.2 Å². The second-order valence-electron chi connectivity index (χ2n) is 6.41. The van der Waals surface area contributed by atoms with E-state index in [2.05, 4.69) is 5.32 Å². The van der Waals surface area contributed by atoms with Crippen LogP contribution in [0.4, 0.5) is 0 Å². The Bertz CT molecular complexity index is 864. The van der Waals surface area contributed by atoms with Gasteiger partial charge in [-0.3, -0.25) is 4.79 Å². The van der Waals surface area contributed by atoms with E-state index in [-0.39, 0.29) is 10.8 Å². The number of piperidine rings is 1. The topological polar surface area (TPSA) is 66.5 Å². The van der Waals surface area contributed by atoms with Crippen LogP contribution in [0.25, 0.3) is 0 Å². The van der Waals surface area contributed by atoms with E-state index in [0.29, 0.717) is 25.2 Å². The minimum Gasteiger partial charge on any atom is -0.351 e. The number of hydrogen-bond acceptors (Lipinski definition) is 4. The second kappa shape index (κ2) is 9.39. The molecule has 1 saturated heterocycles. The van der Waals surface area contributed by atoms with Crippen LogP contribution in [0.15, 0.2) is 64.4 Å². The van der Waals surface area contributed by atoms with Gasteiger partial charge in [0.2, 0.25) is 10.0 Å². The Hall–Kier alpha value is -1.83. The summed E-state index contributed by atoms with van der Waals surface area (Å²) in [6.45, 7) is 1.62. The molecule has 1 heterocycles. The first-order chi connectivity index (χ1) is 13.1. The molecule has 0 saturated carbocycles. The van der Waals surface area contributed by atoms with Crippen LogP contribution in [-0.2, 0) is 10.0 Å². The molecular formula is C20H24N2O3S2. The van der Waals surface area contributed by atoms with Gasteiger partial charge >= 0.3 is 0 Å². The molecule has 0 atom stereocenters. The lowest BCUT2D eigenvalue weighted by Gasteiger charge is -2.26. The highest BCUT2D eigenvalue weighted by atomic mass is 32.2. The van der Waals surface area contributed by atoms with Gasteiger partial charge in [-0.15, -0.1) is 11.8 Å². The Balaban J connectivity index is 1.58. The Labute approximate surface area is 165 Å². The van der Waals surface area contributed by atoms with E-state index in [1.165, 1.54) is 10.4 Å². The zero-order chi connectivity index (χ0) is 19.1. The Morgan fingerprint density at radius 2 is 1.74 bits per heavy atom. The molecule has 3 rings (SSSR count). The van der Waals surface area contributed by atoms with E-state index >= 15 is 0 Å². The van der Waals surface area contributed by atoms with Crippen LogP contribution in [0, 0.1) is 0 Å². The predicted octanol–water partition coefficient (Wildman–Crippen LogP) is 3.38. The predicted molar refractivity (Wildman–Crippen MR) is 109 cm³/mol. The smallest absolute Gasteiger partial charge is 0.251 e. The summed E-state index contributed by atoms with van der Waals surface area (Å²) >= 11 is 1.67. The number of rotatable bonds is 7. The van der Waals surface area contributed by atoms with Crippen LogP contribution < -0.4 is 5.32 Å². The van der Waals surface area contributed by atoms with Gasteiger partial charge in [0.15, 0.2) is 0 Å². The molecule has 0 spiro atoms. The van der Waals surface area contributed by atoms with Crippen molar-refractivity contribution in [2.24, 2.45) is 0 Å². The van der Waals surface area contributed by atoms with Crippen molar-refractivity contribution in [1.82, 2.24) is 9.62 Å². The van der Waals surface area contributed by atoms with E-state index < -0.39 is 10.0 Å². The fraction of sp³-hybridized carbons (Fsp3) is 0.350. The molecule has 2 aromatic carbocycles. The fourth-order valence-corrected chi connectivity index (χ4v) is 5.36. The van der Waals surface area contributed by atoms with Crippen molar-refractivity contribution in [3.63, 3.8) is 0 Å². The molecular weight excluding hydrogens is 380 g/mol. The molecule has 0 radical (unpaired) electrons. The molecule has 0 bridgehead atoms. The van der Waals surface area contributed by atoms with Crippen molar-refractivity contribution >= 4 is 27.7 Å². The molecule has 0 aromatic heterocycles. The Morgan fingerprint density at radius 3 is 2.48 bits per heavy atom. The maximum Gasteiger partial charge on any atom is 0.251 e. The lowest BCUT2D eigenvalue weighted by molar-refractivity contribution is 0.0956. The molecule has 1 amide bonds. The van der Waals surface area contributed by atoms with Crippen molar-refractivity contribution in [3.8, 4) is 0 Å². The minimum absolute atomic E-state index is 0.190. The summed E-state index contributed by atoms with van der Waals surface area (Å²) in [6, 6.07) is 16.3. The van der Waals surface area contributed by atoms with Gasteiger partial charge in [0.1, 0.15) is 0 Å². The Morgan fingerprint density at radius 1 is 1.00 bits per heavy atom. The van der Waals surface area contributed by atoms with Crippen LogP contribution in [0.2, 0.25) is 0 Å². The largest absolute Gasteiger partial charge is 0.351 e. The standard InChI is InChI=1S/C20H24N2O3S2/c23-20(21-12-15-26-18-9-3-1-4-10-18)17-8-7-11-19(16-17)27(24,25)22-13-5-2-6-14-22/h1,3-4,7-11,16H,2,5-6,12-15H2,(H,21,23). The van der Waals surface area contributed by atoms with Gasteiger partial charge in [-0.25, -0.2) is 8.42 Å². The second-order valence-corrected chi connectivity index (χ2v) is 9.52. The van der Waals surface area contributed by atoms with Crippen LogP contribution in [0.1, 0.15) is 29.6 Å². The third kappa shape index (κ3) is 5.34. The maximum atomic E-state index is 12.8. The fourth-order valence-electron chi connectivity index (χ4n) is 3.00. The summed E-state index contributed by atoms with van der Waals surface area (Å²) in [7, 11) is -3.53. The third-order valence-corrected chi connectivity index (χ3v) is 7.36. The number of amides is 1. The van der Waals surface area contributed by atoms with Gasteiger partial charge in [-0.2, -0.15) is 4.31 Å². The van der Waals surface area contributed by atoms with E-state index in [9.17, 15) is 13.2 Å².